The average molecular weight is 204 g/mol. The molecule has 0 heterocycles. The van der Waals surface area contributed by atoms with E-state index in [4.69, 9.17) is 15.9 Å². The summed E-state index contributed by atoms with van der Waals surface area (Å²) in [6.07, 6.45) is 2.30. The maximum Gasteiger partial charge on any atom is 0.220 e. The van der Waals surface area contributed by atoms with Gasteiger partial charge in [0, 0.05) is 13.0 Å². The van der Waals surface area contributed by atoms with Gasteiger partial charge in [0.1, 0.15) is 0 Å². The molecule has 0 saturated heterocycles. The van der Waals surface area contributed by atoms with Crippen molar-refractivity contribution in [2.24, 2.45) is 5.73 Å². The Morgan fingerprint density at radius 3 is 2.64 bits per heavy atom. The molecule has 0 aromatic rings. The SMILES string of the molecule is NCCCCCC(=O)NC[C@H](O)CO. The number of hydrogen-bond acceptors (Lipinski definition) is 4. The van der Waals surface area contributed by atoms with Crippen molar-refractivity contribution in [1.82, 2.24) is 5.32 Å². The summed E-state index contributed by atoms with van der Waals surface area (Å²) in [4.78, 5) is 11.1. The number of rotatable bonds is 8. The second-order valence-corrected chi connectivity index (χ2v) is 3.24. The maximum absolute atomic E-state index is 11.1. The van der Waals surface area contributed by atoms with Gasteiger partial charge >= 0.3 is 0 Å². The normalized spacial score (nSPS) is 12.5. The molecule has 0 aliphatic heterocycles. The van der Waals surface area contributed by atoms with Crippen molar-refractivity contribution >= 4 is 5.91 Å². The number of nitrogens with one attached hydrogen (secondary N) is 1. The number of amides is 1. The van der Waals surface area contributed by atoms with Crippen molar-refractivity contribution in [3.05, 3.63) is 0 Å². The first-order valence-corrected chi connectivity index (χ1v) is 4.96. The quantitative estimate of drug-likeness (QED) is 0.380. The van der Waals surface area contributed by atoms with E-state index in [9.17, 15) is 4.79 Å². The molecular formula is C9H20N2O3. The molecule has 0 rings (SSSR count). The minimum atomic E-state index is -0.858. The van der Waals surface area contributed by atoms with Crippen molar-refractivity contribution in [3.63, 3.8) is 0 Å². The van der Waals surface area contributed by atoms with Crippen LogP contribution in [-0.2, 0) is 4.79 Å². The molecule has 5 N–H and O–H groups in total. The summed E-state index contributed by atoms with van der Waals surface area (Å²) in [7, 11) is 0. The van der Waals surface area contributed by atoms with Crippen molar-refractivity contribution in [1.29, 1.82) is 0 Å². The Balaban J connectivity index is 3.28. The first-order valence-electron chi connectivity index (χ1n) is 4.96. The summed E-state index contributed by atoms with van der Waals surface area (Å²) in [5, 5.41) is 19.9. The first kappa shape index (κ1) is 13.4. The zero-order chi connectivity index (χ0) is 10.8. The molecule has 5 heteroatoms. The van der Waals surface area contributed by atoms with Crippen molar-refractivity contribution in [2.75, 3.05) is 19.7 Å². The summed E-state index contributed by atoms with van der Waals surface area (Å²) >= 11 is 0. The number of unbranched alkanes of at least 4 members (excludes halogenated alkanes) is 2. The van der Waals surface area contributed by atoms with Crippen LogP contribution >= 0.6 is 0 Å². The highest BCUT2D eigenvalue weighted by Gasteiger charge is 2.04. The molecule has 0 spiro atoms. The zero-order valence-electron chi connectivity index (χ0n) is 8.41. The molecule has 0 radical (unpaired) electrons. The van der Waals surface area contributed by atoms with E-state index in [-0.39, 0.29) is 19.1 Å². The highest BCUT2D eigenvalue weighted by Crippen LogP contribution is 1.97. The van der Waals surface area contributed by atoms with E-state index < -0.39 is 6.10 Å². The molecule has 0 aliphatic carbocycles. The van der Waals surface area contributed by atoms with Crippen LogP contribution in [0.5, 0.6) is 0 Å². The van der Waals surface area contributed by atoms with Gasteiger partial charge in [0.25, 0.3) is 0 Å². The number of aliphatic hydroxyl groups is 2. The standard InChI is InChI=1S/C9H20N2O3/c10-5-3-1-2-4-9(14)11-6-8(13)7-12/h8,12-13H,1-7,10H2,(H,11,14)/t8-/m0/s1. The number of nitrogens with two attached hydrogens (primary N) is 1. The first-order chi connectivity index (χ1) is 6.70. The van der Waals surface area contributed by atoms with E-state index in [1.165, 1.54) is 0 Å². The van der Waals surface area contributed by atoms with Crippen LogP contribution in [0.25, 0.3) is 0 Å². The molecular weight excluding hydrogens is 184 g/mol. The molecule has 0 aromatic carbocycles. The minimum absolute atomic E-state index is 0.0884. The summed E-state index contributed by atoms with van der Waals surface area (Å²) in [6, 6.07) is 0. The Morgan fingerprint density at radius 2 is 2.07 bits per heavy atom. The van der Waals surface area contributed by atoms with E-state index in [1.54, 1.807) is 0 Å². The predicted octanol–water partition coefficient (Wildman–Crippen LogP) is -1.03. The van der Waals surface area contributed by atoms with Crippen LogP contribution in [-0.4, -0.2) is 41.9 Å². The Labute approximate surface area is 84.3 Å². The molecule has 0 aromatic heterocycles. The molecule has 0 saturated carbocycles. The predicted molar refractivity (Wildman–Crippen MR) is 53.6 cm³/mol. The van der Waals surface area contributed by atoms with E-state index in [2.05, 4.69) is 5.32 Å². The third kappa shape index (κ3) is 7.97. The van der Waals surface area contributed by atoms with E-state index in [0.29, 0.717) is 13.0 Å². The van der Waals surface area contributed by atoms with Crippen molar-refractivity contribution in [3.8, 4) is 0 Å². The van der Waals surface area contributed by atoms with Gasteiger partial charge in [-0.2, -0.15) is 0 Å². The monoisotopic (exact) mass is 204 g/mol. The van der Waals surface area contributed by atoms with Gasteiger partial charge in [-0.1, -0.05) is 6.42 Å². The van der Waals surface area contributed by atoms with E-state index >= 15 is 0 Å². The highest BCUT2D eigenvalue weighted by molar-refractivity contribution is 5.75. The Hall–Kier alpha value is -0.650. The number of carbonyl (C=O) groups is 1. The zero-order valence-corrected chi connectivity index (χ0v) is 8.41. The Bertz CT molecular complexity index is 153. The lowest BCUT2D eigenvalue weighted by Gasteiger charge is -2.08. The third-order valence-corrected chi connectivity index (χ3v) is 1.85. The van der Waals surface area contributed by atoms with Crippen LogP contribution in [0, 0.1) is 0 Å². The fourth-order valence-electron chi connectivity index (χ4n) is 0.991. The number of aliphatic hydroxyl groups excluding tert-OH is 2. The summed E-state index contributed by atoms with van der Waals surface area (Å²) in [5.41, 5.74) is 5.30. The molecule has 14 heavy (non-hydrogen) atoms. The minimum Gasteiger partial charge on any atom is -0.394 e. The lowest BCUT2D eigenvalue weighted by atomic mass is 10.2. The van der Waals surface area contributed by atoms with Crippen molar-refractivity contribution in [2.45, 2.75) is 31.8 Å². The van der Waals surface area contributed by atoms with Gasteiger partial charge in [0.15, 0.2) is 0 Å². The summed E-state index contributed by atoms with van der Waals surface area (Å²) in [5.74, 6) is -0.0884. The lowest BCUT2D eigenvalue weighted by Crippen LogP contribution is -2.33. The third-order valence-electron chi connectivity index (χ3n) is 1.85. The Kier molecular flexibility index (Phi) is 8.51. The second-order valence-electron chi connectivity index (χ2n) is 3.24. The molecule has 84 valence electrons. The van der Waals surface area contributed by atoms with E-state index in [0.717, 1.165) is 19.3 Å². The molecule has 1 amide bonds. The molecule has 0 bridgehead atoms. The van der Waals surface area contributed by atoms with Crippen molar-refractivity contribution < 1.29 is 15.0 Å². The van der Waals surface area contributed by atoms with Crippen LogP contribution in [0.1, 0.15) is 25.7 Å². The van der Waals surface area contributed by atoms with Crippen LogP contribution in [0.4, 0.5) is 0 Å². The average Bonchev–Trinajstić information content (AvgIpc) is 2.21. The smallest absolute Gasteiger partial charge is 0.220 e. The van der Waals surface area contributed by atoms with Gasteiger partial charge in [-0.3, -0.25) is 4.79 Å². The topological polar surface area (TPSA) is 95.6 Å². The van der Waals surface area contributed by atoms with Gasteiger partial charge in [-0.05, 0) is 19.4 Å². The van der Waals surface area contributed by atoms with Gasteiger partial charge in [-0.25, -0.2) is 0 Å². The van der Waals surface area contributed by atoms with Crippen LogP contribution in [0.3, 0.4) is 0 Å². The van der Waals surface area contributed by atoms with Gasteiger partial charge in [-0.15, -0.1) is 0 Å². The highest BCUT2D eigenvalue weighted by atomic mass is 16.3. The van der Waals surface area contributed by atoms with Gasteiger partial charge in [0.2, 0.25) is 5.91 Å². The largest absolute Gasteiger partial charge is 0.394 e. The number of carbonyl (C=O) groups excluding carboxylic acids is 1. The van der Waals surface area contributed by atoms with Crippen LogP contribution < -0.4 is 11.1 Å². The maximum atomic E-state index is 11.1. The van der Waals surface area contributed by atoms with Gasteiger partial charge in [0.05, 0.1) is 12.7 Å². The fraction of sp³-hybridized carbons (Fsp3) is 0.889. The van der Waals surface area contributed by atoms with Crippen LogP contribution in [0.15, 0.2) is 0 Å². The number of hydrogen-bond donors (Lipinski definition) is 4. The summed E-state index contributed by atoms with van der Waals surface area (Å²) in [6.45, 7) is 0.449. The molecule has 0 aliphatic rings. The second kappa shape index (κ2) is 8.93. The Morgan fingerprint density at radius 1 is 1.36 bits per heavy atom. The van der Waals surface area contributed by atoms with Gasteiger partial charge < -0.3 is 21.3 Å². The van der Waals surface area contributed by atoms with Crippen LogP contribution in [0.2, 0.25) is 0 Å². The molecule has 0 unspecified atom stereocenters. The lowest BCUT2D eigenvalue weighted by molar-refractivity contribution is -0.121. The molecule has 0 fully saturated rings. The molecule has 1 atom stereocenters. The van der Waals surface area contributed by atoms with E-state index in [1.807, 2.05) is 0 Å². The fourth-order valence-corrected chi connectivity index (χ4v) is 0.991. The summed E-state index contributed by atoms with van der Waals surface area (Å²) < 4.78 is 0. The molecule has 5 nitrogen and oxygen atoms in total.